The first-order valence-electron chi connectivity index (χ1n) is 19.9. The quantitative estimate of drug-likeness (QED) is 0.104. The molecule has 0 unspecified atom stereocenters. The highest BCUT2D eigenvalue weighted by Gasteiger charge is 2.14. The summed E-state index contributed by atoms with van der Waals surface area (Å²) in [5, 5.41) is 65.6. The van der Waals surface area contributed by atoms with Crippen molar-refractivity contribution in [1.82, 2.24) is 41.2 Å². The highest BCUT2D eigenvalue weighted by Crippen LogP contribution is 2.25. The van der Waals surface area contributed by atoms with Crippen LogP contribution in [0.4, 0.5) is 0 Å². The van der Waals surface area contributed by atoms with Gasteiger partial charge < -0.3 is 0 Å². The first-order valence-corrected chi connectivity index (χ1v) is 22.8. The molecular formula is C42H34N18O6S2. The standard InChI is InChI=1S/C12H10N4.C12H10O6S2.C10H8N6.C8H6N8/c1-2-10(12-7-15-16-8-12)4-3-9(1)11-5-13-14-6-11;13-19(14,15)11-5-1-9(2-6-11)10-3-7-12(8-4-10)20(16,17)18;1-2-8(10-6-12-16-14-10)4-3-7(1)9-5-11-15-13-9;1-2-6(8-11-15-16-12-8)4-3-5(1)7-9-13-14-10-7/h1-5,7H,6,8H2;1-8H,(H,13,14,15)(H,16,17,18);1-4H,5-6H2;1-4H,(H,9,10,13,14)(H,11,12,15,16). The van der Waals surface area contributed by atoms with E-state index in [-0.39, 0.29) is 9.79 Å². The van der Waals surface area contributed by atoms with Crippen LogP contribution in [0.2, 0.25) is 0 Å². The van der Waals surface area contributed by atoms with E-state index in [1.54, 1.807) is 0 Å². The molecule has 26 heteroatoms. The molecule has 0 aliphatic carbocycles. The van der Waals surface area contributed by atoms with Gasteiger partial charge in [-0.15, -0.1) is 30.6 Å². The van der Waals surface area contributed by atoms with Gasteiger partial charge in [-0.3, -0.25) is 9.11 Å². The Hall–Kier alpha value is -8.72. The molecule has 24 nitrogen and oxygen atoms in total. The van der Waals surface area contributed by atoms with Crippen LogP contribution in [0.1, 0.15) is 22.3 Å². The molecule has 0 radical (unpaired) electrons. The second-order valence-corrected chi connectivity index (χ2v) is 17.1. The molecule has 4 aliphatic heterocycles. The van der Waals surface area contributed by atoms with E-state index in [1.165, 1.54) is 70.8 Å². The van der Waals surface area contributed by atoms with Gasteiger partial charge in [0, 0.05) is 22.3 Å². The van der Waals surface area contributed by atoms with Gasteiger partial charge in [0.2, 0.25) is 11.6 Å². The van der Waals surface area contributed by atoms with Crippen LogP contribution in [0.15, 0.2) is 195 Å². The van der Waals surface area contributed by atoms with Crippen LogP contribution in [0.25, 0.3) is 45.0 Å². The zero-order valence-corrected chi connectivity index (χ0v) is 36.7. The van der Waals surface area contributed by atoms with Crippen LogP contribution in [0, 0.1) is 0 Å². The fourth-order valence-electron chi connectivity index (χ4n) is 6.33. The molecule has 0 fully saturated rings. The summed E-state index contributed by atoms with van der Waals surface area (Å²) in [5.41, 5.74) is 11.6. The third-order valence-corrected chi connectivity index (χ3v) is 11.6. The first kappa shape index (κ1) is 45.8. The van der Waals surface area contributed by atoms with Crippen molar-refractivity contribution >= 4 is 42.8 Å². The molecule has 0 saturated heterocycles. The van der Waals surface area contributed by atoms with E-state index in [1.807, 2.05) is 60.9 Å². The maximum Gasteiger partial charge on any atom is 0.294 e. The maximum atomic E-state index is 10.9. The topological polar surface area (TPSA) is 341 Å². The Morgan fingerprint density at radius 2 is 0.735 bits per heavy atom. The molecule has 6 heterocycles. The van der Waals surface area contributed by atoms with Crippen molar-refractivity contribution in [2.45, 2.75) is 9.79 Å². The molecule has 0 atom stereocenters. The van der Waals surface area contributed by atoms with E-state index < -0.39 is 20.2 Å². The lowest BCUT2D eigenvalue weighted by molar-refractivity contribution is 0.481. The number of benzene rings is 5. The van der Waals surface area contributed by atoms with Crippen molar-refractivity contribution in [2.75, 3.05) is 26.2 Å². The molecule has 340 valence electrons. The van der Waals surface area contributed by atoms with E-state index in [9.17, 15) is 16.8 Å². The summed E-state index contributed by atoms with van der Waals surface area (Å²) in [5.74, 6) is 1.11. The van der Waals surface area contributed by atoms with Crippen LogP contribution in [-0.2, 0) is 20.2 Å². The fourth-order valence-corrected chi connectivity index (χ4v) is 7.29. The Labute approximate surface area is 385 Å². The number of H-pyrrole nitrogens is 2. The molecule has 4 N–H and O–H groups in total. The number of rotatable bonds is 9. The van der Waals surface area contributed by atoms with Gasteiger partial charge >= 0.3 is 0 Å². The number of tetrazole rings is 2. The minimum atomic E-state index is -4.24. The predicted molar refractivity (Wildman–Crippen MR) is 245 cm³/mol. The maximum absolute atomic E-state index is 10.9. The van der Waals surface area contributed by atoms with Gasteiger partial charge in [-0.05, 0) is 78.5 Å². The van der Waals surface area contributed by atoms with E-state index in [2.05, 4.69) is 117 Å². The molecule has 5 aromatic carbocycles. The van der Waals surface area contributed by atoms with E-state index in [0.717, 1.165) is 33.7 Å². The summed E-state index contributed by atoms with van der Waals surface area (Å²) in [7, 11) is -8.48. The summed E-state index contributed by atoms with van der Waals surface area (Å²) in [4.78, 5) is -0.452. The summed E-state index contributed by atoms with van der Waals surface area (Å²) < 4.78 is 61.3. The van der Waals surface area contributed by atoms with Crippen LogP contribution < -0.4 is 0 Å². The third-order valence-electron chi connectivity index (χ3n) is 9.88. The van der Waals surface area contributed by atoms with Gasteiger partial charge in [-0.2, -0.15) is 57.9 Å². The summed E-state index contributed by atoms with van der Waals surface area (Å²) >= 11 is 0. The SMILES string of the molecule is C1=C(c2ccc(C3=CN=NC3)cc2)CN=N1.O=S(=O)(O)c1ccc(-c2ccc(S(=O)(=O)O)cc2)cc1.c1cc(-c2nn[nH]n2)ccc1-c1nn[nH]n1.c1cc(C2=NN=NC2)ccc1C1=NN=NC1. The number of azo groups is 2. The highest BCUT2D eigenvalue weighted by atomic mass is 32.2. The molecule has 2 aromatic heterocycles. The van der Waals surface area contributed by atoms with Gasteiger partial charge in [0.15, 0.2) is 0 Å². The molecule has 0 spiro atoms. The zero-order valence-electron chi connectivity index (χ0n) is 35.0. The third kappa shape index (κ3) is 11.9. The largest absolute Gasteiger partial charge is 0.294 e. The number of aromatic amines is 2. The van der Waals surface area contributed by atoms with Gasteiger partial charge in [0.25, 0.3) is 20.2 Å². The minimum absolute atomic E-state index is 0.226. The number of hydrogen-bond donors (Lipinski definition) is 4. The smallest absolute Gasteiger partial charge is 0.282 e. The van der Waals surface area contributed by atoms with Crippen LogP contribution in [0.5, 0.6) is 0 Å². The molecule has 68 heavy (non-hydrogen) atoms. The van der Waals surface area contributed by atoms with Crippen molar-refractivity contribution in [3.8, 4) is 33.9 Å². The number of nitrogens with one attached hydrogen (secondary N) is 2. The Morgan fingerprint density at radius 3 is 1.01 bits per heavy atom. The summed E-state index contributed by atoms with van der Waals surface area (Å²) in [6.07, 6.45) is 3.63. The average molecular weight is 951 g/mol. The van der Waals surface area contributed by atoms with E-state index in [0.29, 0.717) is 49.0 Å². The second kappa shape index (κ2) is 21.1. The van der Waals surface area contributed by atoms with E-state index in [4.69, 9.17) is 9.11 Å². The van der Waals surface area contributed by atoms with Crippen molar-refractivity contribution < 1.29 is 25.9 Å². The molecule has 0 bridgehead atoms. The Morgan fingerprint density at radius 1 is 0.397 bits per heavy atom. The minimum Gasteiger partial charge on any atom is -0.282 e. The second-order valence-electron chi connectivity index (χ2n) is 14.2. The van der Waals surface area contributed by atoms with Gasteiger partial charge in [0.1, 0.15) is 13.1 Å². The van der Waals surface area contributed by atoms with Crippen LogP contribution >= 0.6 is 0 Å². The summed E-state index contributed by atoms with van der Waals surface area (Å²) in [6, 6.07) is 34.7. The van der Waals surface area contributed by atoms with Crippen LogP contribution in [0.3, 0.4) is 0 Å². The lowest BCUT2D eigenvalue weighted by Crippen LogP contribution is -2.04. The molecule has 4 aliphatic rings. The van der Waals surface area contributed by atoms with Crippen molar-refractivity contribution in [2.24, 2.45) is 51.3 Å². The molecule has 11 rings (SSSR count). The molecular weight excluding hydrogens is 917 g/mol. The Kier molecular flexibility index (Phi) is 14.2. The number of aromatic nitrogens is 8. The lowest BCUT2D eigenvalue weighted by atomic mass is 10.0. The van der Waals surface area contributed by atoms with Gasteiger partial charge in [0.05, 0.1) is 46.7 Å². The van der Waals surface area contributed by atoms with Crippen LogP contribution in [-0.4, -0.2) is 105 Å². The van der Waals surface area contributed by atoms with Crippen molar-refractivity contribution in [3.05, 3.63) is 156 Å². The fraction of sp³-hybridized carbons (Fsp3) is 0.0952. The average Bonchev–Trinajstić information content (AvgIpc) is 4.23. The Bertz CT molecular complexity index is 3010. The Balaban J connectivity index is 0.000000123. The lowest BCUT2D eigenvalue weighted by Gasteiger charge is -2.04. The monoisotopic (exact) mass is 950 g/mol. The molecule has 7 aromatic rings. The molecule has 0 amide bonds. The first-order chi connectivity index (χ1) is 33.0. The molecule has 0 saturated carbocycles. The summed E-state index contributed by atoms with van der Waals surface area (Å²) in [6.45, 7) is 2.50. The normalized spacial score (nSPS) is 14.4. The predicted octanol–water partition coefficient (Wildman–Crippen LogP) is 7.22. The zero-order chi connectivity index (χ0) is 47.4. The van der Waals surface area contributed by atoms with Crippen molar-refractivity contribution in [3.63, 3.8) is 0 Å². The van der Waals surface area contributed by atoms with Crippen molar-refractivity contribution in [1.29, 1.82) is 0 Å². The van der Waals surface area contributed by atoms with E-state index >= 15 is 0 Å². The van der Waals surface area contributed by atoms with Gasteiger partial charge in [-0.25, -0.2) is 0 Å². The van der Waals surface area contributed by atoms with Gasteiger partial charge in [-0.1, -0.05) is 97.1 Å². The number of nitrogens with zero attached hydrogens (tertiary/aromatic N) is 16. The number of hydrogen-bond acceptors (Lipinski definition) is 20. The highest BCUT2D eigenvalue weighted by molar-refractivity contribution is 7.86.